The third-order valence-corrected chi connectivity index (χ3v) is 4.91. The van der Waals surface area contributed by atoms with E-state index in [0.29, 0.717) is 27.9 Å². The molecular weight excluding hydrogens is 342 g/mol. The topological polar surface area (TPSA) is 91.6 Å². The zero-order chi connectivity index (χ0) is 17.4. The van der Waals surface area contributed by atoms with Gasteiger partial charge in [-0.25, -0.2) is 4.98 Å². The monoisotopic (exact) mass is 361 g/mol. The second-order valence-electron chi connectivity index (χ2n) is 5.14. The summed E-state index contributed by atoms with van der Waals surface area (Å²) in [6.07, 6.45) is 3.42. The molecule has 0 aliphatic heterocycles. The summed E-state index contributed by atoms with van der Waals surface area (Å²) in [6, 6.07) is 5.87. The van der Waals surface area contributed by atoms with Crippen LogP contribution in [0, 0.1) is 18.3 Å². The van der Waals surface area contributed by atoms with Crippen LogP contribution >= 0.6 is 23.1 Å². The average molecular weight is 361 g/mol. The number of amides is 1. The first-order chi connectivity index (χ1) is 11.6. The Labute approximate surface area is 149 Å². The van der Waals surface area contributed by atoms with Crippen LogP contribution in [0.1, 0.15) is 42.5 Å². The van der Waals surface area contributed by atoms with Crippen LogP contribution in [0.5, 0.6) is 0 Å². The zero-order valence-electron chi connectivity index (χ0n) is 13.7. The summed E-state index contributed by atoms with van der Waals surface area (Å²) in [7, 11) is 0. The maximum atomic E-state index is 11.9. The Morgan fingerprint density at radius 3 is 2.92 bits per heavy atom. The Morgan fingerprint density at radius 1 is 1.42 bits per heavy atom. The van der Waals surface area contributed by atoms with E-state index in [-0.39, 0.29) is 5.91 Å². The van der Waals surface area contributed by atoms with Gasteiger partial charge in [-0.3, -0.25) is 4.79 Å². The van der Waals surface area contributed by atoms with Gasteiger partial charge in [0.25, 0.3) is 0 Å². The molecule has 0 aliphatic carbocycles. The summed E-state index contributed by atoms with van der Waals surface area (Å²) < 4.78 is 0. The SMILES string of the molecule is CCCCc1ccc(C#N)c(SCCC(=O)Nc2nnc(C)s2)n1. The molecule has 0 aliphatic rings. The number of anilines is 1. The van der Waals surface area contributed by atoms with Crippen molar-refractivity contribution in [3.63, 3.8) is 0 Å². The highest BCUT2D eigenvalue weighted by Gasteiger charge is 2.10. The molecule has 2 aromatic heterocycles. The summed E-state index contributed by atoms with van der Waals surface area (Å²) in [5.41, 5.74) is 1.55. The molecule has 2 rings (SSSR count). The molecule has 0 atom stereocenters. The highest BCUT2D eigenvalue weighted by Crippen LogP contribution is 2.22. The van der Waals surface area contributed by atoms with Gasteiger partial charge in [0.15, 0.2) is 0 Å². The van der Waals surface area contributed by atoms with Gasteiger partial charge < -0.3 is 5.32 Å². The lowest BCUT2D eigenvalue weighted by Crippen LogP contribution is -2.12. The van der Waals surface area contributed by atoms with Crippen molar-refractivity contribution in [3.8, 4) is 6.07 Å². The van der Waals surface area contributed by atoms with Crippen molar-refractivity contribution >= 4 is 34.1 Å². The van der Waals surface area contributed by atoms with E-state index in [4.69, 9.17) is 0 Å². The van der Waals surface area contributed by atoms with Crippen LogP contribution in [0.4, 0.5) is 5.13 Å². The lowest BCUT2D eigenvalue weighted by Gasteiger charge is -2.06. The first-order valence-corrected chi connectivity index (χ1v) is 9.55. The molecule has 0 saturated carbocycles. The van der Waals surface area contributed by atoms with E-state index in [2.05, 4.69) is 33.5 Å². The number of nitrogens with one attached hydrogen (secondary N) is 1. The largest absolute Gasteiger partial charge is 0.301 e. The second-order valence-corrected chi connectivity index (χ2v) is 7.41. The summed E-state index contributed by atoms with van der Waals surface area (Å²) >= 11 is 2.78. The predicted molar refractivity (Wildman–Crippen MR) is 96.2 cm³/mol. The molecule has 0 unspecified atom stereocenters. The number of carbonyl (C=O) groups is 1. The van der Waals surface area contributed by atoms with Crippen LogP contribution in [0.25, 0.3) is 0 Å². The molecule has 0 saturated heterocycles. The number of aromatic nitrogens is 3. The van der Waals surface area contributed by atoms with E-state index in [0.717, 1.165) is 30.0 Å². The van der Waals surface area contributed by atoms with Gasteiger partial charge in [0, 0.05) is 17.9 Å². The molecule has 0 fully saturated rings. The Balaban J connectivity index is 1.88. The van der Waals surface area contributed by atoms with Gasteiger partial charge in [-0.15, -0.1) is 22.0 Å². The molecular formula is C16H19N5OS2. The van der Waals surface area contributed by atoms with Crippen molar-refractivity contribution < 1.29 is 4.79 Å². The number of unbranched alkanes of at least 4 members (excludes halogenated alkanes) is 1. The summed E-state index contributed by atoms with van der Waals surface area (Å²) in [5.74, 6) is 0.446. The quantitative estimate of drug-likeness (QED) is 0.723. The highest BCUT2D eigenvalue weighted by molar-refractivity contribution is 7.99. The second kappa shape index (κ2) is 9.35. The van der Waals surface area contributed by atoms with Gasteiger partial charge in [0.05, 0.1) is 5.56 Å². The molecule has 0 radical (unpaired) electrons. The number of aryl methyl sites for hydroxylation is 2. The molecule has 0 bridgehead atoms. The number of thioether (sulfide) groups is 1. The number of nitriles is 1. The smallest absolute Gasteiger partial charge is 0.227 e. The Bertz CT molecular complexity index is 738. The molecule has 0 spiro atoms. The molecule has 126 valence electrons. The number of carbonyl (C=O) groups excluding carboxylic acids is 1. The van der Waals surface area contributed by atoms with E-state index in [1.807, 2.05) is 19.1 Å². The molecule has 1 N–H and O–H groups in total. The molecule has 2 heterocycles. The van der Waals surface area contributed by atoms with E-state index in [1.54, 1.807) is 0 Å². The molecule has 2 aromatic rings. The number of hydrogen-bond acceptors (Lipinski definition) is 7. The van der Waals surface area contributed by atoms with Gasteiger partial charge in [0.2, 0.25) is 11.0 Å². The number of rotatable bonds is 8. The number of hydrogen-bond donors (Lipinski definition) is 1. The minimum absolute atomic E-state index is 0.112. The van der Waals surface area contributed by atoms with Gasteiger partial charge in [-0.1, -0.05) is 24.7 Å². The van der Waals surface area contributed by atoms with Crippen molar-refractivity contribution in [2.75, 3.05) is 11.1 Å². The average Bonchev–Trinajstić information content (AvgIpc) is 2.98. The fraction of sp³-hybridized carbons (Fsp3) is 0.438. The fourth-order valence-corrected chi connectivity index (χ4v) is 3.48. The van der Waals surface area contributed by atoms with E-state index < -0.39 is 0 Å². The lowest BCUT2D eigenvalue weighted by atomic mass is 10.2. The van der Waals surface area contributed by atoms with Crippen molar-refractivity contribution in [2.24, 2.45) is 0 Å². The van der Waals surface area contributed by atoms with Gasteiger partial charge in [0.1, 0.15) is 16.1 Å². The zero-order valence-corrected chi connectivity index (χ0v) is 15.3. The summed E-state index contributed by atoms with van der Waals surface area (Å²) in [5, 5.41) is 21.7. The van der Waals surface area contributed by atoms with E-state index >= 15 is 0 Å². The molecule has 1 amide bonds. The third-order valence-electron chi connectivity index (χ3n) is 3.17. The Morgan fingerprint density at radius 2 is 2.25 bits per heavy atom. The third kappa shape index (κ3) is 5.58. The molecule has 0 aromatic carbocycles. The van der Waals surface area contributed by atoms with Crippen LogP contribution in [0.2, 0.25) is 0 Å². The maximum absolute atomic E-state index is 11.9. The fourth-order valence-electron chi connectivity index (χ4n) is 1.94. The maximum Gasteiger partial charge on any atom is 0.227 e. The summed E-state index contributed by atoms with van der Waals surface area (Å²) in [6.45, 7) is 3.97. The van der Waals surface area contributed by atoms with Crippen LogP contribution in [0.15, 0.2) is 17.2 Å². The lowest BCUT2D eigenvalue weighted by molar-refractivity contribution is -0.115. The van der Waals surface area contributed by atoms with Crippen molar-refractivity contribution in [1.29, 1.82) is 5.26 Å². The molecule has 24 heavy (non-hydrogen) atoms. The van der Waals surface area contributed by atoms with Crippen LogP contribution in [0.3, 0.4) is 0 Å². The molecule has 6 nitrogen and oxygen atoms in total. The minimum Gasteiger partial charge on any atom is -0.301 e. The van der Waals surface area contributed by atoms with Gasteiger partial charge in [-0.05, 0) is 31.9 Å². The van der Waals surface area contributed by atoms with E-state index in [1.165, 1.54) is 23.1 Å². The number of nitrogens with zero attached hydrogens (tertiary/aromatic N) is 4. The standard InChI is InChI=1S/C16H19N5OS2/c1-3-4-5-13-7-6-12(10-17)15(18-13)23-9-8-14(22)19-16-21-20-11(2)24-16/h6-7H,3-5,8-9H2,1-2H3,(H,19,21,22). The van der Waals surface area contributed by atoms with Crippen LogP contribution in [-0.2, 0) is 11.2 Å². The minimum atomic E-state index is -0.112. The first kappa shape index (κ1) is 18.4. The van der Waals surface area contributed by atoms with Gasteiger partial charge in [-0.2, -0.15) is 5.26 Å². The van der Waals surface area contributed by atoms with Crippen molar-refractivity contribution in [1.82, 2.24) is 15.2 Å². The first-order valence-electron chi connectivity index (χ1n) is 7.75. The normalized spacial score (nSPS) is 10.4. The van der Waals surface area contributed by atoms with Crippen molar-refractivity contribution in [2.45, 2.75) is 44.6 Å². The van der Waals surface area contributed by atoms with Crippen LogP contribution in [-0.4, -0.2) is 26.8 Å². The summed E-state index contributed by atoms with van der Waals surface area (Å²) in [4.78, 5) is 16.5. The Kier molecular flexibility index (Phi) is 7.15. The van der Waals surface area contributed by atoms with Crippen LogP contribution < -0.4 is 5.32 Å². The van der Waals surface area contributed by atoms with Gasteiger partial charge >= 0.3 is 0 Å². The Hall–Kier alpha value is -1.98. The highest BCUT2D eigenvalue weighted by atomic mass is 32.2. The van der Waals surface area contributed by atoms with Crippen molar-refractivity contribution in [3.05, 3.63) is 28.4 Å². The molecule has 8 heteroatoms. The predicted octanol–water partition coefficient (Wildman–Crippen LogP) is 3.58. The van der Waals surface area contributed by atoms with E-state index in [9.17, 15) is 10.1 Å². The number of pyridine rings is 1.